The number of aromatic nitrogens is 1. The summed E-state index contributed by atoms with van der Waals surface area (Å²) in [5.74, 6) is -0.439. The average molecular weight is 317 g/mol. The summed E-state index contributed by atoms with van der Waals surface area (Å²) in [7, 11) is 0. The first-order chi connectivity index (χ1) is 8.08. The molecule has 17 heavy (non-hydrogen) atoms. The first kappa shape index (κ1) is 12.5. The maximum Gasteiger partial charge on any atom is 0.123 e. The predicted molar refractivity (Wildman–Crippen MR) is 67.4 cm³/mol. The van der Waals surface area contributed by atoms with Gasteiger partial charge in [0.15, 0.2) is 0 Å². The third-order valence-corrected chi connectivity index (χ3v) is 3.07. The summed E-state index contributed by atoms with van der Waals surface area (Å²) in [6, 6.07) is 5.59. The van der Waals surface area contributed by atoms with Gasteiger partial charge in [-0.05, 0) is 40.2 Å². The van der Waals surface area contributed by atoms with E-state index in [1.807, 2.05) is 0 Å². The Morgan fingerprint density at radius 2 is 2.06 bits per heavy atom. The summed E-state index contributed by atoms with van der Waals surface area (Å²) in [5.41, 5.74) is 0.874. The van der Waals surface area contributed by atoms with Gasteiger partial charge in [0.25, 0.3) is 0 Å². The van der Waals surface area contributed by atoms with Crippen molar-refractivity contribution in [2.24, 2.45) is 0 Å². The molecule has 1 aromatic heterocycles. The Morgan fingerprint density at radius 1 is 1.29 bits per heavy atom. The molecule has 1 N–H and O–H groups in total. The summed E-state index contributed by atoms with van der Waals surface area (Å²) in [5, 5.41) is 10.4. The van der Waals surface area contributed by atoms with E-state index in [0.717, 1.165) is 4.47 Å². The van der Waals surface area contributed by atoms with E-state index >= 15 is 0 Å². The van der Waals surface area contributed by atoms with Gasteiger partial charge in [0.2, 0.25) is 0 Å². The number of hydrogen-bond donors (Lipinski definition) is 1. The highest BCUT2D eigenvalue weighted by molar-refractivity contribution is 9.10. The minimum atomic E-state index is -0.997. The van der Waals surface area contributed by atoms with Crippen molar-refractivity contribution < 1.29 is 9.50 Å². The van der Waals surface area contributed by atoms with Crippen LogP contribution in [-0.4, -0.2) is 10.1 Å². The van der Waals surface area contributed by atoms with Crippen LogP contribution in [0.25, 0.3) is 0 Å². The van der Waals surface area contributed by atoms with Crippen molar-refractivity contribution in [3.05, 3.63) is 63.1 Å². The second-order valence-electron chi connectivity index (χ2n) is 3.50. The fourth-order valence-electron chi connectivity index (χ4n) is 1.48. The zero-order valence-corrected chi connectivity index (χ0v) is 10.9. The highest BCUT2D eigenvalue weighted by Crippen LogP contribution is 2.29. The van der Waals surface area contributed by atoms with Gasteiger partial charge in [-0.25, -0.2) is 4.39 Å². The van der Waals surface area contributed by atoms with E-state index in [2.05, 4.69) is 20.9 Å². The molecule has 0 aliphatic heterocycles. The van der Waals surface area contributed by atoms with Gasteiger partial charge in [0.05, 0.1) is 0 Å². The molecule has 0 fully saturated rings. The van der Waals surface area contributed by atoms with Crippen molar-refractivity contribution in [3.63, 3.8) is 0 Å². The van der Waals surface area contributed by atoms with Gasteiger partial charge in [-0.15, -0.1) is 0 Å². The molecule has 0 saturated heterocycles. The number of rotatable bonds is 2. The Hall–Kier alpha value is -0.970. The predicted octanol–water partition coefficient (Wildman–Crippen LogP) is 3.72. The van der Waals surface area contributed by atoms with Gasteiger partial charge in [0, 0.05) is 33.0 Å². The number of nitrogens with zero attached hydrogens (tertiary/aromatic N) is 1. The summed E-state index contributed by atoms with van der Waals surface area (Å²) < 4.78 is 13.8. The van der Waals surface area contributed by atoms with E-state index < -0.39 is 11.9 Å². The van der Waals surface area contributed by atoms with Crippen LogP contribution in [0, 0.1) is 5.82 Å². The van der Waals surface area contributed by atoms with Crippen LogP contribution in [0.3, 0.4) is 0 Å². The van der Waals surface area contributed by atoms with Gasteiger partial charge in [-0.1, -0.05) is 11.6 Å². The Morgan fingerprint density at radius 3 is 2.76 bits per heavy atom. The quantitative estimate of drug-likeness (QED) is 0.916. The SMILES string of the molecule is OC(c1cncc(Br)c1)c1cc(F)ccc1Cl. The molecule has 1 unspecified atom stereocenters. The first-order valence-electron chi connectivity index (χ1n) is 4.81. The van der Waals surface area contributed by atoms with E-state index in [-0.39, 0.29) is 0 Å². The van der Waals surface area contributed by atoms with Crippen LogP contribution in [-0.2, 0) is 0 Å². The van der Waals surface area contributed by atoms with E-state index in [4.69, 9.17) is 11.6 Å². The smallest absolute Gasteiger partial charge is 0.123 e. The van der Waals surface area contributed by atoms with E-state index in [9.17, 15) is 9.50 Å². The molecular formula is C12H8BrClFNO. The summed E-state index contributed by atoms with van der Waals surface area (Å²) in [4.78, 5) is 3.94. The molecule has 2 aromatic rings. The van der Waals surface area contributed by atoms with Gasteiger partial charge in [0.1, 0.15) is 11.9 Å². The number of benzene rings is 1. The molecule has 0 saturated carbocycles. The lowest BCUT2D eigenvalue weighted by atomic mass is 10.0. The number of pyridine rings is 1. The third kappa shape index (κ3) is 2.83. The third-order valence-electron chi connectivity index (χ3n) is 2.29. The number of aliphatic hydroxyl groups excluding tert-OH is 1. The Kier molecular flexibility index (Phi) is 3.76. The molecule has 88 valence electrons. The van der Waals surface area contributed by atoms with E-state index in [1.165, 1.54) is 24.4 Å². The van der Waals surface area contributed by atoms with Crippen LogP contribution >= 0.6 is 27.5 Å². The van der Waals surface area contributed by atoms with Crippen molar-refractivity contribution in [1.29, 1.82) is 0 Å². The molecule has 0 aliphatic carbocycles. The largest absolute Gasteiger partial charge is 0.384 e. The normalized spacial score (nSPS) is 12.5. The fraction of sp³-hybridized carbons (Fsp3) is 0.0833. The van der Waals surface area contributed by atoms with Crippen LogP contribution in [0.2, 0.25) is 5.02 Å². The van der Waals surface area contributed by atoms with Crippen LogP contribution in [0.5, 0.6) is 0 Å². The fourth-order valence-corrected chi connectivity index (χ4v) is 2.08. The highest BCUT2D eigenvalue weighted by Gasteiger charge is 2.15. The molecule has 1 atom stereocenters. The molecule has 1 aromatic carbocycles. The van der Waals surface area contributed by atoms with Gasteiger partial charge in [-0.3, -0.25) is 4.98 Å². The lowest BCUT2D eigenvalue weighted by molar-refractivity contribution is 0.219. The van der Waals surface area contributed by atoms with Crippen molar-refractivity contribution in [1.82, 2.24) is 4.98 Å². The number of aliphatic hydroxyl groups is 1. The minimum absolute atomic E-state index is 0.318. The lowest BCUT2D eigenvalue weighted by Crippen LogP contribution is -2.01. The van der Waals surface area contributed by atoms with Gasteiger partial charge >= 0.3 is 0 Å². The van der Waals surface area contributed by atoms with Crippen molar-refractivity contribution in [2.45, 2.75) is 6.10 Å². The van der Waals surface area contributed by atoms with Gasteiger partial charge < -0.3 is 5.11 Å². The van der Waals surface area contributed by atoms with Crippen LogP contribution in [0.4, 0.5) is 4.39 Å². The summed E-state index contributed by atoms with van der Waals surface area (Å²) in [6.07, 6.45) is 2.11. The number of halogens is 3. The molecule has 1 heterocycles. The standard InChI is InChI=1S/C12H8BrClFNO/c13-8-3-7(5-16-6-8)12(17)10-4-9(15)1-2-11(10)14/h1-6,12,17H. The maximum atomic E-state index is 13.1. The molecular weight excluding hydrogens is 308 g/mol. The summed E-state index contributed by atoms with van der Waals surface area (Å²) in [6.45, 7) is 0. The van der Waals surface area contributed by atoms with Crippen molar-refractivity contribution >= 4 is 27.5 Å². The lowest BCUT2D eigenvalue weighted by Gasteiger charge is -2.13. The topological polar surface area (TPSA) is 33.1 Å². The van der Waals surface area contributed by atoms with Crippen LogP contribution < -0.4 is 0 Å². The average Bonchev–Trinajstić information content (AvgIpc) is 2.31. The minimum Gasteiger partial charge on any atom is -0.384 e. The first-order valence-corrected chi connectivity index (χ1v) is 5.98. The maximum absolute atomic E-state index is 13.1. The summed E-state index contributed by atoms with van der Waals surface area (Å²) >= 11 is 9.18. The molecule has 0 spiro atoms. The molecule has 2 nitrogen and oxygen atoms in total. The highest BCUT2D eigenvalue weighted by atomic mass is 79.9. The molecule has 0 amide bonds. The molecule has 2 rings (SSSR count). The molecule has 0 aliphatic rings. The van der Waals surface area contributed by atoms with E-state index in [1.54, 1.807) is 12.3 Å². The second-order valence-corrected chi connectivity index (χ2v) is 4.83. The van der Waals surface area contributed by atoms with Crippen molar-refractivity contribution in [3.8, 4) is 0 Å². The molecule has 0 bridgehead atoms. The molecule has 0 radical (unpaired) electrons. The number of hydrogen-bond acceptors (Lipinski definition) is 2. The van der Waals surface area contributed by atoms with Crippen LogP contribution in [0.15, 0.2) is 41.1 Å². The van der Waals surface area contributed by atoms with Crippen molar-refractivity contribution in [2.75, 3.05) is 0 Å². The zero-order valence-electron chi connectivity index (χ0n) is 8.57. The van der Waals surface area contributed by atoms with E-state index in [0.29, 0.717) is 16.1 Å². The second kappa shape index (κ2) is 5.12. The Balaban J connectivity index is 2.43. The zero-order chi connectivity index (χ0) is 12.4. The Bertz CT molecular complexity index is 550. The van der Waals surface area contributed by atoms with Gasteiger partial charge in [-0.2, -0.15) is 0 Å². The van der Waals surface area contributed by atoms with Crippen LogP contribution in [0.1, 0.15) is 17.2 Å². The Labute approximate surface area is 111 Å². The molecule has 5 heteroatoms. The monoisotopic (exact) mass is 315 g/mol.